The highest BCUT2D eigenvalue weighted by Crippen LogP contribution is 2.26. The molecule has 1 aliphatic rings. The van der Waals surface area contributed by atoms with Crippen LogP contribution in [0.1, 0.15) is 23.3 Å². The minimum Gasteiger partial charge on any atom is -0.315 e. The zero-order chi connectivity index (χ0) is 12.5. The lowest BCUT2D eigenvalue weighted by molar-refractivity contribution is 0.429. The van der Waals surface area contributed by atoms with Crippen LogP contribution in [0.4, 0.5) is 0 Å². The van der Waals surface area contributed by atoms with Crippen molar-refractivity contribution in [2.75, 3.05) is 13.1 Å². The molecule has 0 amide bonds. The van der Waals surface area contributed by atoms with E-state index in [0.717, 1.165) is 36.4 Å². The van der Waals surface area contributed by atoms with Gasteiger partial charge in [0.25, 0.3) is 10.0 Å². The van der Waals surface area contributed by atoms with Crippen molar-refractivity contribution < 1.29 is 8.42 Å². The van der Waals surface area contributed by atoms with Crippen LogP contribution in [0.3, 0.4) is 0 Å². The topological polar surface area (TPSA) is 58.2 Å². The van der Waals surface area contributed by atoms with Crippen LogP contribution in [0, 0.1) is 13.8 Å². The highest BCUT2D eigenvalue weighted by Gasteiger charge is 2.24. The number of thiophene rings is 1. The molecule has 1 saturated heterocycles. The second-order valence-corrected chi connectivity index (χ2v) is 7.66. The van der Waals surface area contributed by atoms with Gasteiger partial charge in [0, 0.05) is 17.5 Å². The van der Waals surface area contributed by atoms with Crippen LogP contribution in [0.15, 0.2) is 10.3 Å². The Morgan fingerprint density at radius 3 is 2.76 bits per heavy atom. The number of aryl methyl sites for hydroxylation is 2. The normalized spacial score (nSPS) is 21.6. The van der Waals surface area contributed by atoms with Gasteiger partial charge < -0.3 is 5.32 Å². The number of hydrogen-bond donors (Lipinski definition) is 2. The number of hydrogen-bond acceptors (Lipinski definition) is 4. The third-order valence-corrected chi connectivity index (χ3v) is 6.17. The van der Waals surface area contributed by atoms with Crippen LogP contribution in [-0.4, -0.2) is 27.5 Å². The molecule has 17 heavy (non-hydrogen) atoms. The first kappa shape index (κ1) is 13.0. The summed E-state index contributed by atoms with van der Waals surface area (Å²) in [5.41, 5.74) is 0.837. The van der Waals surface area contributed by atoms with Gasteiger partial charge in [-0.15, -0.1) is 11.3 Å². The molecule has 0 spiro atoms. The van der Waals surface area contributed by atoms with Gasteiger partial charge in [-0.2, -0.15) is 0 Å². The van der Waals surface area contributed by atoms with Gasteiger partial charge in [0.05, 0.1) is 0 Å². The molecule has 4 nitrogen and oxygen atoms in total. The quantitative estimate of drug-likeness (QED) is 0.876. The molecule has 2 rings (SSSR count). The largest absolute Gasteiger partial charge is 0.315 e. The molecule has 0 bridgehead atoms. The third-order valence-electron chi connectivity index (χ3n) is 2.86. The van der Waals surface area contributed by atoms with Crippen molar-refractivity contribution in [1.29, 1.82) is 0 Å². The van der Waals surface area contributed by atoms with Crippen molar-refractivity contribution in [1.82, 2.24) is 10.0 Å². The first-order valence-electron chi connectivity index (χ1n) is 5.79. The monoisotopic (exact) mass is 274 g/mol. The lowest BCUT2D eigenvalue weighted by Gasteiger charge is -2.23. The fourth-order valence-corrected chi connectivity index (χ4v) is 5.07. The third kappa shape index (κ3) is 3.07. The minimum absolute atomic E-state index is 0.0237. The maximum atomic E-state index is 12.2. The molecule has 0 aromatic carbocycles. The molecule has 0 saturated carbocycles. The molecular formula is C11H18N2O2S2. The first-order valence-corrected chi connectivity index (χ1v) is 8.09. The molecule has 1 aromatic rings. The van der Waals surface area contributed by atoms with E-state index in [9.17, 15) is 8.42 Å². The van der Waals surface area contributed by atoms with Crippen LogP contribution in [-0.2, 0) is 10.0 Å². The molecule has 1 aromatic heterocycles. The standard InChI is InChI=1S/C11H18N2O2S2/c1-8-6-9(2)16-11(8)17(14,15)13-10-4-3-5-12-7-10/h6,10,12-13H,3-5,7H2,1-2H3/t10-/m0/s1. The second-order valence-electron chi connectivity index (χ2n) is 4.49. The summed E-state index contributed by atoms with van der Waals surface area (Å²) < 4.78 is 27.7. The zero-order valence-corrected chi connectivity index (χ0v) is 11.7. The van der Waals surface area contributed by atoms with Crippen molar-refractivity contribution >= 4 is 21.4 Å². The van der Waals surface area contributed by atoms with Crippen molar-refractivity contribution in [2.24, 2.45) is 0 Å². The lowest BCUT2D eigenvalue weighted by Crippen LogP contribution is -2.45. The fourth-order valence-electron chi connectivity index (χ4n) is 2.11. The Hall–Kier alpha value is -0.430. The van der Waals surface area contributed by atoms with E-state index in [1.54, 1.807) is 0 Å². The van der Waals surface area contributed by atoms with E-state index in [2.05, 4.69) is 10.0 Å². The van der Waals surface area contributed by atoms with Gasteiger partial charge in [-0.3, -0.25) is 0 Å². The van der Waals surface area contributed by atoms with Crippen molar-refractivity contribution in [3.8, 4) is 0 Å². The highest BCUT2D eigenvalue weighted by atomic mass is 32.2. The lowest BCUT2D eigenvalue weighted by atomic mass is 10.1. The van der Waals surface area contributed by atoms with Crippen LogP contribution in [0.2, 0.25) is 0 Å². The number of nitrogens with one attached hydrogen (secondary N) is 2. The Labute approximate surface area is 106 Å². The predicted molar refractivity (Wildman–Crippen MR) is 70.0 cm³/mol. The second kappa shape index (κ2) is 5.06. The van der Waals surface area contributed by atoms with E-state index < -0.39 is 10.0 Å². The van der Waals surface area contributed by atoms with Crippen LogP contribution in [0.5, 0.6) is 0 Å². The Bertz CT molecular complexity index is 488. The summed E-state index contributed by atoms with van der Waals surface area (Å²) in [6, 6.07) is 1.94. The van der Waals surface area contributed by atoms with Crippen molar-refractivity contribution in [3.05, 3.63) is 16.5 Å². The predicted octanol–water partition coefficient (Wildman–Crippen LogP) is 1.40. The number of sulfonamides is 1. The Kier molecular flexibility index (Phi) is 3.87. The maximum absolute atomic E-state index is 12.2. The van der Waals surface area contributed by atoms with Crippen LogP contribution >= 0.6 is 11.3 Å². The van der Waals surface area contributed by atoms with E-state index >= 15 is 0 Å². The molecule has 0 radical (unpaired) electrons. The Morgan fingerprint density at radius 1 is 1.47 bits per heavy atom. The van der Waals surface area contributed by atoms with Gasteiger partial charge in [-0.05, 0) is 44.9 Å². The van der Waals surface area contributed by atoms with Crippen LogP contribution in [0.25, 0.3) is 0 Å². The fraction of sp³-hybridized carbons (Fsp3) is 0.636. The van der Waals surface area contributed by atoms with Gasteiger partial charge in [0.15, 0.2) is 0 Å². The summed E-state index contributed by atoms with van der Waals surface area (Å²) >= 11 is 1.34. The van der Waals surface area contributed by atoms with E-state index in [4.69, 9.17) is 0 Å². The number of piperidine rings is 1. The van der Waals surface area contributed by atoms with E-state index in [1.807, 2.05) is 19.9 Å². The Balaban J connectivity index is 2.15. The molecule has 2 heterocycles. The van der Waals surface area contributed by atoms with Gasteiger partial charge in [-0.1, -0.05) is 0 Å². The summed E-state index contributed by atoms with van der Waals surface area (Å²) in [5, 5.41) is 3.21. The molecule has 1 aliphatic heterocycles. The van der Waals surface area contributed by atoms with Gasteiger partial charge in [-0.25, -0.2) is 13.1 Å². The van der Waals surface area contributed by atoms with Crippen LogP contribution < -0.4 is 10.0 Å². The number of rotatable bonds is 3. The average Bonchev–Trinajstić information content (AvgIpc) is 2.59. The smallest absolute Gasteiger partial charge is 0.250 e. The van der Waals surface area contributed by atoms with Crippen molar-refractivity contribution in [3.63, 3.8) is 0 Å². The summed E-state index contributed by atoms with van der Waals surface area (Å²) in [4.78, 5) is 1.03. The molecular weight excluding hydrogens is 256 g/mol. The molecule has 6 heteroatoms. The van der Waals surface area contributed by atoms with Gasteiger partial charge >= 0.3 is 0 Å². The zero-order valence-electron chi connectivity index (χ0n) is 10.1. The maximum Gasteiger partial charge on any atom is 0.250 e. The van der Waals surface area contributed by atoms with E-state index in [-0.39, 0.29) is 6.04 Å². The van der Waals surface area contributed by atoms with E-state index in [1.165, 1.54) is 11.3 Å². The summed E-state index contributed by atoms with van der Waals surface area (Å²) in [6.45, 7) is 5.48. The molecule has 2 N–H and O–H groups in total. The Morgan fingerprint density at radius 2 is 2.24 bits per heavy atom. The SMILES string of the molecule is Cc1cc(C)c(S(=O)(=O)N[C@H]2CCCNC2)s1. The summed E-state index contributed by atoms with van der Waals surface area (Å²) in [5.74, 6) is 0. The summed E-state index contributed by atoms with van der Waals surface area (Å²) in [7, 11) is -3.34. The minimum atomic E-state index is -3.34. The first-order chi connectivity index (χ1) is 7.99. The highest BCUT2D eigenvalue weighted by molar-refractivity contribution is 7.91. The van der Waals surface area contributed by atoms with Gasteiger partial charge in [0.1, 0.15) is 4.21 Å². The molecule has 1 atom stereocenters. The summed E-state index contributed by atoms with van der Waals surface area (Å²) in [6.07, 6.45) is 1.94. The average molecular weight is 274 g/mol. The molecule has 0 aliphatic carbocycles. The van der Waals surface area contributed by atoms with Crippen molar-refractivity contribution in [2.45, 2.75) is 36.9 Å². The molecule has 96 valence electrons. The van der Waals surface area contributed by atoms with Gasteiger partial charge in [0.2, 0.25) is 0 Å². The molecule has 1 fully saturated rings. The molecule has 0 unspecified atom stereocenters. The van der Waals surface area contributed by atoms with E-state index in [0.29, 0.717) is 4.21 Å².